The predicted molar refractivity (Wildman–Crippen MR) is 70.5 cm³/mol. The van der Waals surface area contributed by atoms with E-state index in [1.54, 1.807) is 6.20 Å². The molecule has 1 rings (SSSR count). The van der Waals surface area contributed by atoms with Gasteiger partial charge in [-0.25, -0.2) is 9.97 Å². The Balaban J connectivity index is 2.28. The molecule has 1 aromatic heterocycles. The molecule has 0 amide bonds. The van der Waals surface area contributed by atoms with Gasteiger partial charge in [0.1, 0.15) is 0 Å². The van der Waals surface area contributed by atoms with Gasteiger partial charge in [0, 0.05) is 24.9 Å². The third-order valence-electron chi connectivity index (χ3n) is 2.97. The Bertz CT molecular complexity index is 382. The monoisotopic (exact) mass is 251 g/mol. The number of hydrogen-bond acceptors (Lipinski definition) is 4. The van der Waals surface area contributed by atoms with Gasteiger partial charge in [-0.1, -0.05) is 13.3 Å². The molecule has 1 unspecified atom stereocenters. The Morgan fingerprint density at radius 1 is 1.50 bits per heavy atom. The van der Waals surface area contributed by atoms with Crippen molar-refractivity contribution in [2.24, 2.45) is 5.92 Å². The number of nitrogens with one attached hydrogen (secondary N) is 1. The van der Waals surface area contributed by atoms with Crippen molar-refractivity contribution < 1.29 is 9.90 Å². The van der Waals surface area contributed by atoms with Crippen LogP contribution in [0.3, 0.4) is 0 Å². The molecule has 0 fully saturated rings. The summed E-state index contributed by atoms with van der Waals surface area (Å²) < 4.78 is 0. The van der Waals surface area contributed by atoms with Crippen molar-refractivity contribution in [2.45, 2.75) is 39.5 Å². The predicted octanol–water partition coefficient (Wildman–Crippen LogP) is 2.48. The van der Waals surface area contributed by atoms with E-state index < -0.39 is 5.97 Å². The van der Waals surface area contributed by atoms with Gasteiger partial charge in [-0.2, -0.15) is 0 Å². The molecule has 1 atom stereocenters. The van der Waals surface area contributed by atoms with Crippen LogP contribution in [0.2, 0.25) is 0 Å². The van der Waals surface area contributed by atoms with Gasteiger partial charge in [-0.3, -0.25) is 4.79 Å². The average Bonchev–Trinajstić information content (AvgIpc) is 2.33. The molecule has 2 N–H and O–H groups in total. The zero-order chi connectivity index (χ0) is 13.4. The number of hydrogen-bond donors (Lipinski definition) is 2. The van der Waals surface area contributed by atoms with Crippen LogP contribution in [0.1, 0.15) is 38.3 Å². The lowest BCUT2D eigenvalue weighted by Gasteiger charge is -2.13. The quantitative estimate of drug-likeness (QED) is 0.742. The normalized spacial score (nSPS) is 12.1. The Labute approximate surface area is 108 Å². The molecule has 1 heterocycles. The minimum absolute atomic E-state index is 0.249. The maximum atomic E-state index is 10.5. The number of aryl methyl sites for hydroxylation is 1. The Morgan fingerprint density at radius 2 is 2.28 bits per heavy atom. The molecule has 0 saturated carbocycles. The molecule has 18 heavy (non-hydrogen) atoms. The minimum Gasteiger partial charge on any atom is -0.481 e. The molecule has 0 saturated heterocycles. The van der Waals surface area contributed by atoms with Gasteiger partial charge in [0.05, 0.1) is 0 Å². The van der Waals surface area contributed by atoms with Crippen LogP contribution in [0.5, 0.6) is 0 Å². The van der Waals surface area contributed by atoms with Crippen molar-refractivity contribution in [3.05, 3.63) is 18.0 Å². The number of carbonyl (C=O) groups is 1. The van der Waals surface area contributed by atoms with E-state index in [1.807, 2.05) is 13.0 Å². The van der Waals surface area contributed by atoms with E-state index >= 15 is 0 Å². The molecule has 100 valence electrons. The fourth-order valence-electron chi connectivity index (χ4n) is 1.80. The molecule has 5 nitrogen and oxygen atoms in total. The summed E-state index contributed by atoms with van der Waals surface area (Å²) in [7, 11) is 0. The van der Waals surface area contributed by atoms with Gasteiger partial charge >= 0.3 is 5.97 Å². The topological polar surface area (TPSA) is 75.1 Å². The van der Waals surface area contributed by atoms with Crippen LogP contribution >= 0.6 is 0 Å². The highest BCUT2D eigenvalue weighted by Gasteiger charge is 2.08. The van der Waals surface area contributed by atoms with E-state index in [-0.39, 0.29) is 6.42 Å². The second-order valence-corrected chi connectivity index (χ2v) is 4.44. The van der Waals surface area contributed by atoms with Crippen molar-refractivity contribution in [3.8, 4) is 0 Å². The first kappa shape index (κ1) is 14.4. The Kier molecular flexibility index (Phi) is 6.11. The molecular weight excluding hydrogens is 230 g/mol. The van der Waals surface area contributed by atoms with Gasteiger partial charge in [-0.05, 0) is 31.7 Å². The molecule has 0 aliphatic carbocycles. The van der Waals surface area contributed by atoms with Crippen molar-refractivity contribution in [1.29, 1.82) is 0 Å². The lowest BCUT2D eigenvalue weighted by molar-refractivity contribution is -0.137. The number of carboxylic acid groups (broad SMARTS) is 1. The summed E-state index contributed by atoms with van der Waals surface area (Å²) >= 11 is 0. The van der Waals surface area contributed by atoms with Crippen LogP contribution in [-0.2, 0) is 4.79 Å². The molecule has 5 heteroatoms. The standard InChI is InChI=1S/C13H21N3O2/c1-3-11(4-5-12(17)18)7-9-15-13-14-8-6-10(2)16-13/h6,8,11H,3-5,7,9H2,1-2H3,(H,17,18)(H,14,15,16). The van der Waals surface area contributed by atoms with E-state index in [9.17, 15) is 4.79 Å². The minimum atomic E-state index is -0.719. The summed E-state index contributed by atoms with van der Waals surface area (Å²) in [6.07, 6.45) is 4.67. The first-order valence-electron chi connectivity index (χ1n) is 6.37. The molecule has 0 aliphatic heterocycles. The van der Waals surface area contributed by atoms with E-state index in [1.165, 1.54) is 0 Å². The SMILES string of the molecule is CCC(CCNc1nccc(C)n1)CCC(=O)O. The van der Waals surface area contributed by atoms with Gasteiger partial charge in [0.25, 0.3) is 0 Å². The van der Waals surface area contributed by atoms with Crippen LogP contribution < -0.4 is 5.32 Å². The highest BCUT2D eigenvalue weighted by Crippen LogP contribution is 2.15. The number of rotatable bonds is 8. The first-order valence-corrected chi connectivity index (χ1v) is 6.37. The maximum Gasteiger partial charge on any atom is 0.303 e. The van der Waals surface area contributed by atoms with Crippen LogP contribution in [-0.4, -0.2) is 27.6 Å². The summed E-state index contributed by atoms with van der Waals surface area (Å²) in [6.45, 7) is 4.80. The molecule has 0 aromatic carbocycles. The third-order valence-corrected chi connectivity index (χ3v) is 2.97. The molecule has 0 spiro atoms. The maximum absolute atomic E-state index is 10.5. The summed E-state index contributed by atoms with van der Waals surface area (Å²) in [5, 5.41) is 11.8. The fraction of sp³-hybridized carbons (Fsp3) is 0.615. The third kappa shape index (κ3) is 5.61. The van der Waals surface area contributed by atoms with Crippen molar-refractivity contribution >= 4 is 11.9 Å². The highest BCUT2D eigenvalue weighted by molar-refractivity contribution is 5.66. The lowest BCUT2D eigenvalue weighted by atomic mass is 9.97. The molecule has 0 radical (unpaired) electrons. The highest BCUT2D eigenvalue weighted by atomic mass is 16.4. The van der Waals surface area contributed by atoms with Crippen molar-refractivity contribution in [1.82, 2.24) is 9.97 Å². The summed E-state index contributed by atoms with van der Waals surface area (Å²) in [5.41, 5.74) is 0.936. The van der Waals surface area contributed by atoms with E-state index in [2.05, 4.69) is 22.2 Å². The number of anilines is 1. The van der Waals surface area contributed by atoms with Crippen LogP contribution in [0.4, 0.5) is 5.95 Å². The van der Waals surface area contributed by atoms with E-state index in [4.69, 9.17) is 5.11 Å². The second kappa shape index (κ2) is 7.63. The number of carboxylic acids is 1. The number of aliphatic carboxylic acids is 1. The van der Waals surface area contributed by atoms with Crippen molar-refractivity contribution in [3.63, 3.8) is 0 Å². The van der Waals surface area contributed by atoms with Crippen LogP contribution in [0.15, 0.2) is 12.3 Å². The fourth-order valence-corrected chi connectivity index (χ4v) is 1.80. The summed E-state index contributed by atoms with van der Waals surface area (Å²) in [6, 6.07) is 1.85. The Hall–Kier alpha value is -1.65. The number of nitrogens with zero attached hydrogens (tertiary/aromatic N) is 2. The molecule has 0 aliphatic rings. The first-order chi connectivity index (χ1) is 8.61. The Morgan fingerprint density at radius 3 is 2.89 bits per heavy atom. The smallest absolute Gasteiger partial charge is 0.303 e. The largest absolute Gasteiger partial charge is 0.481 e. The van der Waals surface area contributed by atoms with Crippen molar-refractivity contribution in [2.75, 3.05) is 11.9 Å². The zero-order valence-electron chi connectivity index (χ0n) is 11.0. The molecule has 1 aromatic rings. The van der Waals surface area contributed by atoms with Gasteiger partial charge < -0.3 is 10.4 Å². The van der Waals surface area contributed by atoms with Gasteiger partial charge in [-0.15, -0.1) is 0 Å². The average molecular weight is 251 g/mol. The van der Waals surface area contributed by atoms with E-state index in [0.29, 0.717) is 11.9 Å². The van der Waals surface area contributed by atoms with Gasteiger partial charge in [0.15, 0.2) is 0 Å². The zero-order valence-corrected chi connectivity index (χ0v) is 11.0. The van der Waals surface area contributed by atoms with Crippen LogP contribution in [0, 0.1) is 12.8 Å². The molecule has 0 bridgehead atoms. The lowest BCUT2D eigenvalue weighted by Crippen LogP contribution is -2.12. The van der Waals surface area contributed by atoms with E-state index in [0.717, 1.165) is 31.5 Å². The molecular formula is C13H21N3O2. The number of aromatic nitrogens is 2. The second-order valence-electron chi connectivity index (χ2n) is 4.44. The van der Waals surface area contributed by atoms with Gasteiger partial charge in [0.2, 0.25) is 5.95 Å². The van der Waals surface area contributed by atoms with Crippen LogP contribution in [0.25, 0.3) is 0 Å². The summed E-state index contributed by atoms with van der Waals surface area (Å²) in [4.78, 5) is 18.9. The summed E-state index contributed by atoms with van der Waals surface area (Å²) in [5.74, 6) is 0.366.